The van der Waals surface area contributed by atoms with Crippen molar-refractivity contribution in [3.8, 4) is 0 Å². The lowest BCUT2D eigenvalue weighted by atomic mass is 9.78. The molecule has 0 spiro atoms. The van der Waals surface area contributed by atoms with Gasteiger partial charge in [-0.2, -0.15) is 0 Å². The normalized spacial score (nSPS) is 24.9. The number of pyridine rings is 1. The Bertz CT molecular complexity index is 1150. The van der Waals surface area contributed by atoms with Crippen LogP contribution in [0.4, 0.5) is 0 Å². The summed E-state index contributed by atoms with van der Waals surface area (Å²) in [5, 5.41) is 21.7. The van der Waals surface area contributed by atoms with Gasteiger partial charge in [-0.25, -0.2) is 0 Å². The van der Waals surface area contributed by atoms with Crippen LogP contribution in [0.5, 0.6) is 0 Å². The van der Waals surface area contributed by atoms with Crippen LogP contribution in [-0.2, 0) is 32.0 Å². The smallest absolute Gasteiger partial charge is 0.253 e. The van der Waals surface area contributed by atoms with Crippen LogP contribution in [0.25, 0.3) is 0 Å². The first-order valence-electron chi connectivity index (χ1n) is 20.3. The van der Waals surface area contributed by atoms with Crippen LogP contribution in [0.2, 0.25) is 0 Å². The molecular formula is C39H67N7O6. The third-order valence-electron chi connectivity index (χ3n) is 11.3. The van der Waals surface area contributed by atoms with Gasteiger partial charge < -0.3 is 50.8 Å². The summed E-state index contributed by atoms with van der Waals surface area (Å²) in [5.41, 5.74) is 3.44. The largest absolute Gasteiger partial charge is 0.382 e. The molecule has 1 aliphatic heterocycles. The van der Waals surface area contributed by atoms with Gasteiger partial charge in [0.05, 0.1) is 62.2 Å². The zero-order valence-corrected chi connectivity index (χ0v) is 32.0. The van der Waals surface area contributed by atoms with Gasteiger partial charge in [-0.1, -0.05) is 44.9 Å². The molecule has 294 valence electrons. The molecule has 5 rings (SSSR count). The fourth-order valence-electron chi connectivity index (χ4n) is 8.62. The third kappa shape index (κ3) is 12.1. The molecule has 1 aromatic rings. The van der Waals surface area contributed by atoms with Gasteiger partial charge >= 0.3 is 0 Å². The summed E-state index contributed by atoms with van der Waals surface area (Å²) in [7, 11) is 3.29. The van der Waals surface area contributed by atoms with E-state index in [9.17, 15) is 9.59 Å². The van der Waals surface area contributed by atoms with E-state index >= 15 is 0 Å². The first-order valence-corrected chi connectivity index (χ1v) is 20.3. The van der Waals surface area contributed by atoms with Crippen LogP contribution in [0.1, 0.15) is 127 Å². The van der Waals surface area contributed by atoms with E-state index in [4.69, 9.17) is 23.9 Å². The standard InChI is InChI=1S/C39H67N7O6/c1-49-22-24-51-20-18-42-38(47)36-33-26-44-31-14-8-6-12-29(31)40-16-17-41-30-13-7-9-15-32(30)45-27-34(46-33)37(35(36)28-10-4-3-5-11-28)39(48)43-19-21-52-25-23-50-2/h28-32,40-41,44-45H,3-27H2,1-2H3,(H,42,47)(H,43,48)/t29-,30-,31-,32-/m1/s1. The number of carbonyl (C=O) groups excluding carboxylic acids is 2. The topological polar surface area (TPSA) is 156 Å². The molecule has 0 saturated heterocycles. The number of carbonyl (C=O) groups is 2. The first kappa shape index (κ1) is 40.9. The van der Waals surface area contributed by atoms with Crippen LogP contribution in [0, 0.1) is 0 Å². The highest BCUT2D eigenvalue weighted by atomic mass is 16.5. The molecular weight excluding hydrogens is 662 g/mol. The minimum atomic E-state index is -0.190. The molecule has 3 saturated carbocycles. The van der Waals surface area contributed by atoms with Crippen molar-refractivity contribution in [1.82, 2.24) is 36.9 Å². The fourth-order valence-corrected chi connectivity index (χ4v) is 8.62. The average Bonchev–Trinajstić information content (AvgIpc) is 3.18. The van der Waals surface area contributed by atoms with E-state index < -0.39 is 0 Å². The van der Waals surface area contributed by atoms with Crippen LogP contribution >= 0.6 is 0 Å². The lowest BCUT2D eigenvalue weighted by Gasteiger charge is -2.34. The highest BCUT2D eigenvalue weighted by Gasteiger charge is 2.34. The van der Waals surface area contributed by atoms with E-state index in [2.05, 4.69) is 31.9 Å². The number of hydrogen-bond acceptors (Lipinski definition) is 11. The van der Waals surface area contributed by atoms with E-state index in [1.807, 2.05) is 0 Å². The summed E-state index contributed by atoms with van der Waals surface area (Å²) in [4.78, 5) is 34.3. The summed E-state index contributed by atoms with van der Waals surface area (Å²) < 4.78 is 21.6. The van der Waals surface area contributed by atoms with Crippen LogP contribution in [-0.4, -0.2) is 121 Å². The molecule has 0 radical (unpaired) electrons. The molecule has 3 fully saturated rings. The monoisotopic (exact) mass is 730 g/mol. The van der Waals surface area contributed by atoms with Gasteiger partial charge in [0.1, 0.15) is 0 Å². The summed E-state index contributed by atoms with van der Waals surface area (Å²) in [6.07, 6.45) is 14.4. The molecule has 6 N–H and O–H groups in total. The maximum Gasteiger partial charge on any atom is 0.253 e. The number of nitrogens with zero attached hydrogens (tertiary/aromatic N) is 1. The molecule has 3 aliphatic carbocycles. The molecule has 52 heavy (non-hydrogen) atoms. The third-order valence-corrected chi connectivity index (χ3v) is 11.3. The minimum Gasteiger partial charge on any atom is -0.382 e. The predicted molar refractivity (Wildman–Crippen MR) is 202 cm³/mol. The van der Waals surface area contributed by atoms with Crippen molar-refractivity contribution in [2.24, 2.45) is 0 Å². The van der Waals surface area contributed by atoms with Crippen molar-refractivity contribution in [3.05, 3.63) is 28.1 Å². The Morgan fingerprint density at radius 1 is 0.577 bits per heavy atom. The highest BCUT2D eigenvalue weighted by molar-refractivity contribution is 6.03. The Labute approximate surface area is 311 Å². The molecule has 0 unspecified atom stereocenters. The molecule has 4 aliphatic rings. The van der Waals surface area contributed by atoms with Crippen molar-refractivity contribution >= 4 is 11.8 Å². The number of rotatable bonds is 15. The van der Waals surface area contributed by atoms with Crippen molar-refractivity contribution < 1.29 is 28.5 Å². The number of nitrogens with one attached hydrogen (secondary N) is 6. The summed E-state index contributed by atoms with van der Waals surface area (Å²) in [6.45, 7) is 6.15. The molecule has 0 aromatic carbocycles. The molecule has 13 heteroatoms. The number of ether oxygens (including phenoxy) is 4. The summed E-state index contributed by atoms with van der Waals surface area (Å²) >= 11 is 0. The number of fused-ring (bicyclic) bond motifs is 4. The molecule has 2 amide bonds. The summed E-state index contributed by atoms with van der Waals surface area (Å²) in [6, 6.07) is 1.26. The predicted octanol–water partition coefficient (Wildman–Crippen LogP) is 2.91. The summed E-state index contributed by atoms with van der Waals surface area (Å²) in [5.74, 6) is -0.296. The lowest BCUT2D eigenvalue weighted by Crippen LogP contribution is -2.53. The van der Waals surface area contributed by atoms with Crippen molar-refractivity contribution in [3.63, 3.8) is 0 Å². The Morgan fingerprint density at radius 3 is 1.44 bits per heavy atom. The first-order chi connectivity index (χ1) is 25.6. The second kappa shape index (κ2) is 22.9. The van der Waals surface area contributed by atoms with Gasteiger partial charge in [0.15, 0.2) is 0 Å². The van der Waals surface area contributed by atoms with E-state index in [1.165, 1.54) is 25.7 Å². The highest BCUT2D eigenvalue weighted by Crippen LogP contribution is 2.39. The van der Waals surface area contributed by atoms with E-state index in [1.54, 1.807) is 14.2 Å². The van der Waals surface area contributed by atoms with Crippen LogP contribution < -0.4 is 31.9 Å². The van der Waals surface area contributed by atoms with E-state index in [-0.39, 0.29) is 29.8 Å². The molecule has 1 aromatic heterocycles. The Hall–Kier alpha value is -2.23. The van der Waals surface area contributed by atoms with E-state index in [0.29, 0.717) is 89.0 Å². The quantitative estimate of drug-likeness (QED) is 0.148. The number of hydrogen-bond donors (Lipinski definition) is 6. The maximum absolute atomic E-state index is 14.5. The minimum absolute atomic E-state index is 0.0851. The Balaban J connectivity index is 1.55. The van der Waals surface area contributed by atoms with Gasteiger partial charge in [-0.05, 0) is 50.0 Å². The van der Waals surface area contributed by atoms with Gasteiger partial charge in [0.25, 0.3) is 11.8 Å². The van der Waals surface area contributed by atoms with Gasteiger partial charge in [0.2, 0.25) is 0 Å². The zero-order valence-electron chi connectivity index (χ0n) is 32.0. The number of amides is 2. The maximum atomic E-state index is 14.5. The SMILES string of the molecule is COCCOCCNC(=O)c1c2nc(c(C(=O)NCCOCCOC)c1C1CCCCC1)CN[C@@H]1CCCC[C@H]1NCCN[C@@H]1CCCC[C@H]1NC2. The second-order valence-electron chi connectivity index (χ2n) is 14.9. The fraction of sp³-hybridized carbons (Fsp3) is 0.821. The molecule has 4 atom stereocenters. The van der Waals surface area contributed by atoms with Crippen molar-refractivity contribution in [2.75, 3.05) is 80.0 Å². The Kier molecular flexibility index (Phi) is 18.0. The number of methoxy groups -OCH3 is 2. The van der Waals surface area contributed by atoms with Crippen molar-refractivity contribution in [2.45, 2.75) is 127 Å². The second-order valence-corrected chi connectivity index (χ2v) is 14.9. The van der Waals surface area contributed by atoms with Crippen LogP contribution in [0.15, 0.2) is 0 Å². The molecule has 2 heterocycles. The molecule has 2 bridgehead atoms. The Morgan fingerprint density at radius 2 is 1.00 bits per heavy atom. The lowest BCUT2D eigenvalue weighted by molar-refractivity contribution is 0.0691. The zero-order chi connectivity index (χ0) is 36.4. The average molecular weight is 730 g/mol. The van der Waals surface area contributed by atoms with Gasteiger partial charge in [0, 0.05) is 77.7 Å². The van der Waals surface area contributed by atoms with Gasteiger partial charge in [-0.15, -0.1) is 0 Å². The van der Waals surface area contributed by atoms with Crippen LogP contribution in [0.3, 0.4) is 0 Å². The van der Waals surface area contributed by atoms with Gasteiger partial charge in [-0.3, -0.25) is 14.6 Å². The van der Waals surface area contributed by atoms with E-state index in [0.717, 1.165) is 87.8 Å². The molecule has 13 nitrogen and oxygen atoms in total. The number of aromatic nitrogens is 1. The van der Waals surface area contributed by atoms with Crippen molar-refractivity contribution in [1.29, 1.82) is 0 Å².